The Morgan fingerprint density at radius 3 is 2.20 bits per heavy atom. The number of aliphatic hydroxyl groups excluding tert-OH is 1. The highest BCUT2D eigenvalue weighted by Crippen LogP contribution is 2.40. The van der Waals surface area contributed by atoms with Gasteiger partial charge in [-0.3, -0.25) is 4.57 Å². The topological polar surface area (TPSA) is 72.6 Å². The average Bonchev–Trinajstić information content (AvgIpc) is 1.60. The largest absolute Gasteiger partial charge is 0.392 e. The molecule has 0 aromatic heterocycles. The van der Waals surface area contributed by atoms with E-state index in [1.54, 1.807) is 0 Å². The lowest BCUT2D eigenvalue weighted by Gasteiger charge is -2.24. The maximum atomic E-state index is 11.0. The van der Waals surface area contributed by atoms with Crippen LogP contribution in [0.5, 0.6) is 0 Å². The van der Waals surface area contributed by atoms with Gasteiger partial charge in [-0.05, 0) is 6.92 Å². The van der Waals surface area contributed by atoms with Gasteiger partial charge in [0.05, 0.1) is 6.61 Å². The Labute approximate surface area is 60.8 Å². The molecule has 0 saturated heterocycles. The van der Waals surface area contributed by atoms with Crippen molar-refractivity contribution < 1.29 is 14.2 Å². The summed E-state index contributed by atoms with van der Waals surface area (Å²) >= 11 is 0. The van der Waals surface area contributed by atoms with Gasteiger partial charge in [0.1, 0.15) is 5.72 Å². The van der Waals surface area contributed by atoms with E-state index in [-0.39, 0.29) is 6.61 Å². The van der Waals surface area contributed by atoms with Crippen LogP contribution in [0.2, 0.25) is 0 Å². The van der Waals surface area contributed by atoms with Gasteiger partial charge in [0.2, 0.25) is 0 Å². The quantitative estimate of drug-likeness (QED) is 0.465. The van der Waals surface area contributed by atoms with E-state index in [0.717, 1.165) is 0 Å². The third-order valence-corrected chi connectivity index (χ3v) is 1.60. The fourth-order valence-electron chi connectivity index (χ4n) is 0.531. The van der Waals surface area contributed by atoms with Crippen molar-refractivity contribution in [3.63, 3.8) is 0 Å². The predicted octanol–water partition coefficient (Wildman–Crippen LogP) is 0.208. The third-order valence-electron chi connectivity index (χ3n) is 0.742. The molecule has 0 amide bonds. The van der Waals surface area contributed by atoms with E-state index >= 15 is 0 Å². The molecule has 5 heteroatoms. The van der Waals surface area contributed by atoms with E-state index in [0.29, 0.717) is 0 Å². The molecule has 0 radical (unpaired) electrons. The molecule has 0 spiro atoms. The Hall–Kier alpha value is 0.110. The van der Waals surface area contributed by atoms with E-state index in [1.165, 1.54) is 20.3 Å². The Morgan fingerprint density at radius 2 is 2.10 bits per heavy atom. The van der Waals surface area contributed by atoms with Gasteiger partial charge in [0.15, 0.2) is 7.37 Å². The van der Waals surface area contributed by atoms with Crippen LogP contribution in [0, 0.1) is 0 Å². The van der Waals surface area contributed by atoms with Crippen molar-refractivity contribution in [2.24, 2.45) is 5.73 Å². The van der Waals surface area contributed by atoms with Crippen molar-refractivity contribution in [1.82, 2.24) is 0 Å². The average molecular weight is 167 g/mol. The lowest BCUT2D eigenvalue weighted by molar-refractivity contribution is 0.0348. The summed E-state index contributed by atoms with van der Waals surface area (Å²) in [7, 11) is -2.59. The first-order chi connectivity index (χ1) is 4.27. The van der Waals surface area contributed by atoms with Crippen LogP contribution in [0.1, 0.15) is 6.92 Å². The summed E-state index contributed by atoms with van der Waals surface area (Å²) in [5.74, 6) is 0. The van der Waals surface area contributed by atoms with Gasteiger partial charge >= 0.3 is 0 Å². The van der Waals surface area contributed by atoms with Crippen LogP contribution < -0.4 is 5.73 Å². The number of aliphatic hydroxyl groups is 1. The van der Waals surface area contributed by atoms with E-state index in [1.807, 2.05) is 0 Å². The molecule has 0 rings (SSSR count). The van der Waals surface area contributed by atoms with E-state index in [2.05, 4.69) is 0 Å². The molecule has 10 heavy (non-hydrogen) atoms. The Kier molecular flexibility index (Phi) is 3.04. The van der Waals surface area contributed by atoms with Gasteiger partial charge in [-0.25, -0.2) is 0 Å². The second-order valence-electron chi connectivity index (χ2n) is 2.81. The molecular weight excluding hydrogens is 153 g/mol. The van der Waals surface area contributed by atoms with Crippen LogP contribution >= 0.6 is 7.37 Å². The molecule has 3 N–H and O–H groups in total. The highest BCUT2D eigenvalue weighted by atomic mass is 31.2. The fourth-order valence-corrected chi connectivity index (χ4v) is 1.59. The number of rotatable bonds is 3. The van der Waals surface area contributed by atoms with Crippen LogP contribution in [0.15, 0.2) is 0 Å². The first-order valence-electron chi connectivity index (χ1n) is 2.92. The summed E-state index contributed by atoms with van der Waals surface area (Å²) in [6.45, 7) is 4.05. The molecule has 1 atom stereocenters. The van der Waals surface area contributed by atoms with E-state index < -0.39 is 13.1 Å². The van der Waals surface area contributed by atoms with E-state index in [9.17, 15) is 4.57 Å². The first kappa shape index (κ1) is 10.1. The van der Waals surface area contributed by atoms with Crippen LogP contribution in [0.4, 0.5) is 0 Å². The van der Waals surface area contributed by atoms with Crippen LogP contribution in [0.25, 0.3) is 0 Å². The van der Waals surface area contributed by atoms with Crippen molar-refractivity contribution in [2.45, 2.75) is 12.6 Å². The molecule has 0 aliphatic carbocycles. The summed E-state index contributed by atoms with van der Waals surface area (Å²) in [5.41, 5.74) is 4.18. The molecular formula is C5H14NO3P. The van der Waals surface area contributed by atoms with Crippen molar-refractivity contribution in [3.8, 4) is 0 Å². The third kappa shape index (κ3) is 4.94. The zero-order chi connectivity index (χ0) is 8.41. The molecule has 62 valence electrons. The lowest BCUT2D eigenvalue weighted by Crippen LogP contribution is -2.41. The summed E-state index contributed by atoms with van der Waals surface area (Å²) in [6.07, 6.45) is 0. The fraction of sp³-hybridized carbons (Fsp3) is 1.00. The number of hydrogen-bond acceptors (Lipinski definition) is 4. The molecule has 1 unspecified atom stereocenters. The summed E-state index contributed by atoms with van der Waals surface area (Å²) < 4.78 is 15.8. The van der Waals surface area contributed by atoms with Crippen molar-refractivity contribution in [3.05, 3.63) is 0 Å². The Morgan fingerprint density at radius 1 is 1.70 bits per heavy atom. The molecule has 0 aliphatic rings. The minimum Gasteiger partial charge on any atom is -0.392 e. The van der Waals surface area contributed by atoms with Gasteiger partial charge in [-0.15, -0.1) is 0 Å². The molecule has 0 aromatic rings. The van der Waals surface area contributed by atoms with Crippen LogP contribution in [-0.2, 0) is 9.09 Å². The minimum atomic E-state index is -2.59. The zero-order valence-corrected chi connectivity index (χ0v) is 7.39. The van der Waals surface area contributed by atoms with Crippen LogP contribution in [0.3, 0.4) is 0 Å². The maximum Gasteiger partial charge on any atom is 0.199 e. The van der Waals surface area contributed by atoms with Gasteiger partial charge in [-0.1, -0.05) is 0 Å². The molecule has 0 heterocycles. The van der Waals surface area contributed by atoms with Crippen molar-refractivity contribution in [2.75, 3.05) is 19.9 Å². The molecule has 0 aromatic carbocycles. The maximum absolute atomic E-state index is 11.0. The Bertz CT molecular complexity index is 151. The molecule has 4 nitrogen and oxygen atoms in total. The van der Waals surface area contributed by atoms with Gasteiger partial charge < -0.3 is 15.4 Å². The molecule has 0 bridgehead atoms. The highest BCUT2D eigenvalue weighted by molar-refractivity contribution is 7.57. The van der Waals surface area contributed by atoms with Gasteiger partial charge in [0, 0.05) is 13.3 Å². The monoisotopic (exact) mass is 167 g/mol. The van der Waals surface area contributed by atoms with Crippen molar-refractivity contribution in [1.29, 1.82) is 0 Å². The first-order valence-corrected chi connectivity index (χ1v) is 5.44. The summed E-state index contributed by atoms with van der Waals surface area (Å²) in [4.78, 5) is 0. The SMILES string of the molecule is CC(N)(CO)OP(C)(C)=O. The summed E-state index contributed by atoms with van der Waals surface area (Å²) in [6, 6.07) is 0. The zero-order valence-electron chi connectivity index (χ0n) is 6.50. The molecule has 0 fully saturated rings. The number of hydrogen-bond donors (Lipinski definition) is 2. The standard InChI is InChI=1S/C5H14NO3P/c1-5(6,4-7)9-10(2,3)8/h7H,4,6H2,1-3H3. The van der Waals surface area contributed by atoms with Gasteiger partial charge in [-0.2, -0.15) is 0 Å². The Balaban J connectivity index is 4.02. The van der Waals surface area contributed by atoms with Crippen molar-refractivity contribution >= 4 is 7.37 Å². The lowest BCUT2D eigenvalue weighted by atomic mass is 10.3. The predicted molar refractivity (Wildman–Crippen MR) is 40.2 cm³/mol. The molecule has 0 saturated carbocycles. The number of nitrogens with two attached hydrogens (primary N) is 1. The summed E-state index contributed by atoms with van der Waals surface area (Å²) in [5, 5.41) is 8.59. The van der Waals surface area contributed by atoms with Gasteiger partial charge in [0.25, 0.3) is 0 Å². The van der Waals surface area contributed by atoms with Crippen LogP contribution in [-0.4, -0.2) is 30.8 Å². The second-order valence-corrected chi connectivity index (χ2v) is 5.50. The normalized spacial score (nSPS) is 18.5. The second kappa shape index (κ2) is 3.01. The van der Waals surface area contributed by atoms with E-state index in [4.69, 9.17) is 15.4 Å². The minimum absolute atomic E-state index is 0.335. The highest BCUT2D eigenvalue weighted by Gasteiger charge is 2.24. The molecule has 0 aliphatic heterocycles. The smallest absolute Gasteiger partial charge is 0.199 e.